The number of hydrogen-bond donors (Lipinski definition) is 1. The maximum absolute atomic E-state index is 12.1. The largest absolute Gasteiger partial charge is 0.268 e. The lowest BCUT2D eigenvalue weighted by Gasteiger charge is -2.08. The van der Waals surface area contributed by atoms with E-state index in [2.05, 4.69) is 31.9 Å². The Morgan fingerprint density at radius 2 is 1.67 bits per heavy atom. The molecule has 0 aromatic heterocycles. The Balaban J connectivity index is 2.28. The number of benzene rings is 2. The van der Waals surface area contributed by atoms with Crippen LogP contribution in [0.25, 0.3) is 0 Å². The summed E-state index contributed by atoms with van der Waals surface area (Å²) in [4.78, 5) is 12.0. The molecule has 8 heteroatoms. The first-order valence-corrected chi connectivity index (χ1v) is 9.02. The average molecular weight is 454 g/mol. The van der Waals surface area contributed by atoms with Crippen LogP contribution in [0.15, 0.2) is 56.3 Å². The fourth-order valence-corrected chi connectivity index (χ4v) is 3.84. The average Bonchev–Trinajstić information content (AvgIpc) is 2.38. The minimum atomic E-state index is -3.94. The SMILES string of the molecule is O=C(NS(=O)(=O)c1ccc(Cl)cc1)c1ccc(Br)cc1Br. The fourth-order valence-electron chi connectivity index (χ4n) is 1.52. The normalized spacial score (nSPS) is 11.2. The van der Waals surface area contributed by atoms with Gasteiger partial charge in [-0.15, -0.1) is 0 Å². The molecule has 0 aliphatic carbocycles. The van der Waals surface area contributed by atoms with E-state index in [4.69, 9.17) is 11.6 Å². The Hall–Kier alpha value is -0.890. The highest BCUT2D eigenvalue weighted by Crippen LogP contribution is 2.22. The van der Waals surface area contributed by atoms with Gasteiger partial charge in [0.25, 0.3) is 15.9 Å². The minimum absolute atomic E-state index is 0.0338. The lowest BCUT2D eigenvalue weighted by Crippen LogP contribution is -2.30. The van der Waals surface area contributed by atoms with Crippen molar-refractivity contribution in [1.29, 1.82) is 0 Å². The molecule has 2 aromatic rings. The number of sulfonamides is 1. The van der Waals surface area contributed by atoms with Crippen LogP contribution in [0, 0.1) is 0 Å². The van der Waals surface area contributed by atoms with E-state index in [1.807, 2.05) is 4.72 Å². The molecule has 2 aromatic carbocycles. The molecule has 0 saturated carbocycles. The van der Waals surface area contributed by atoms with Crippen LogP contribution >= 0.6 is 43.5 Å². The molecule has 0 aliphatic rings. The van der Waals surface area contributed by atoms with E-state index < -0.39 is 15.9 Å². The Kier molecular flexibility index (Phi) is 5.08. The van der Waals surface area contributed by atoms with Crippen LogP contribution in [0.4, 0.5) is 0 Å². The number of halogens is 3. The van der Waals surface area contributed by atoms with Gasteiger partial charge in [0.1, 0.15) is 0 Å². The molecular weight excluding hydrogens is 445 g/mol. The van der Waals surface area contributed by atoms with Gasteiger partial charge in [-0.25, -0.2) is 13.1 Å². The molecule has 21 heavy (non-hydrogen) atoms. The molecule has 0 saturated heterocycles. The molecule has 1 amide bonds. The minimum Gasteiger partial charge on any atom is -0.268 e. The van der Waals surface area contributed by atoms with Gasteiger partial charge < -0.3 is 0 Å². The molecule has 110 valence electrons. The van der Waals surface area contributed by atoms with Crippen molar-refractivity contribution in [3.05, 3.63) is 62.0 Å². The molecular formula is C13H8Br2ClNO3S. The Morgan fingerprint density at radius 3 is 2.24 bits per heavy atom. The van der Waals surface area contributed by atoms with Crippen molar-refractivity contribution in [3.8, 4) is 0 Å². The van der Waals surface area contributed by atoms with Gasteiger partial charge in [0.05, 0.1) is 10.5 Å². The zero-order valence-electron chi connectivity index (χ0n) is 10.3. The lowest BCUT2D eigenvalue weighted by atomic mass is 10.2. The summed E-state index contributed by atoms with van der Waals surface area (Å²) in [7, 11) is -3.94. The Bertz CT molecular complexity index is 792. The van der Waals surface area contributed by atoms with Crippen molar-refractivity contribution in [2.24, 2.45) is 0 Å². The predicted molar refractivity (Wildman–Crippen MR) is 87.9 cm³/mol. The molecule has 0 heterocycles. The summed E-state index contributed by atoms with van der Waals surface area (Å²) in [5.74, 6) is -0.718. The van der Waals surface area contributed by atoms with E-state index in [0.29, 0.717) is 9.50 Å². The third kappa shape index (κ3) is 4.06. The molecule has 0 spiro atoms. The number of carbonyl (C=O) groups excluding carboxylic acids is 1. The van der Waals surface area contributed by atoms with E-state index in [1.165, 1.54) is 30.3 Å². The maximum atomic E-state index is 12.1. The second-order valence-electron chi connectivity index (χ2n) is 4.01. The van der Waals surface area contributed by atoms with Gasteiger partial charge in [0.2, 0.25) is 0 Å². The van der Waals surface area contributed by atoms with Gasteiger partial charge >= 0.3 is 0 Å². The summed E-state index contributed by atoms with van der Waals surface area (Å²) in [5.41, 5.74) is 0.218. The van der Waals surface area contributed by atoms with Crippen molar-refractivity contribution in [2.75, 3.05) is 0 Å². The van der Waals surface area contributed by atoms with Crippen molar-refractivity contribution < 1.29 is 13.2 Å². The molecule has 0 fully saturated rings. The zero-order chi connectivity index (χ0) is 15.6. The summed E-state index contributed by atoms with van der Waals surface area (Å²) in [5, 5.41) is 0.413. The number of rotatable bonds is 3. The summed E-state index contributed by atoms with van der Waals surface area (Å²) >= 11 is 12.2. The second kappa shape index (κ2) is 6.48. The van der Waals surface area contributed by atoms with Gasteiger partial charge in [-0.2, -0.15) is 0 Å². The van der Waals surface area contributed by atoms with E-state index in [9.17, 15) is 13.2 Å². The van der Waals surface area contributed by atoms with Crippen molar-refractivity contribution in [3.63, 3.8) is 0 Å². The van der Waals surface area contributed by atoms with E-state index in [1.54, 1.807) is 12.1 Å². The summed E-state index contributed by atoms with van der Waals surface area (Å²) < 4.78 is 27.5. The number of nitrogens with one attached hydrogen (secondary N) is 1. The number of amides is 1. The van der Waals surface area contributed by atoms with Crippen molar-refractivity contribution in [1.82, 2.24) is 4.72 Å². The molecule has 0 unspecified atom stereocenters. The van der Waals surface area contributed by atoms with Crippen molar-refractivity contribution in [2.45, 2.75) is 4.90 Å². The van der Waals surface area contributed by atoms with Crippen LogP contribution in [0.2, 0.25) is 5.02 Å². The molecule has 0 aliphatic heterocycles. The molecule has 0 atom stereocenters. The first-order chi connectivity index (χ1) is 9.79. The summed E-state index contributed by atoms with van der Waals surface area (Å²) in [6.07, 6.45) is 0. The smallest absolute Gasteiger partial charge is 0.266 e. The first-order valence-electron chi connectivity index (χ1n) is 5.57. The van der Waals surface area contributed by atoms with Gasteiger partial charge in [-0.05, 0) is 58.4 Å². The van der Waals surface area contributed by atoms with Gasteiger partial charge in [-0.3, -0.25) is 4.79 Å². The second-order valence-corrected chi connectivity index (χ2v) is 7.90. The highest BCUT2D eigenvalue weighted by molar-refractivity contribution is 9.11. The molecule has 0 bridgehead atoms. The van der Waals surface area contributed by atoms with Crippen LogP contribution in [0.1, 0.15) is 10.4 Å². The molecule has 1 N–H and O–H groups in total. The van der Waals surface area contributed by atoms with Crippen LogP contribution in [-0.2, 0) is 10.0 Å². The Labute approximate surface area is 143 Å². The molecule has 0 radical (unpaired) electrons. The standard InChI is InChI=1S/C13H8Br2ClNO3S/c14-8-1-6-11(12(15)7-8)13(18)17-21(19,20)10-4-2-9(16)3-5-10/h1-7H,(H,17,18). The molecule has 2 rings (SSSR count). The topological polar surface area (TPSA) is 63.2 Å². The van der Waals surface area contributed by atoms with Crippen LogP contribution in [0.3, 0.4) is 0 Å². The zero-order valence-corrected chi connectivity index (χ0v) is 15.1. The van der Waals surface area contributed by atoms with Crippen LogP contribution in [-0.4, -0.2) is 14.3 Å². The van der Waals surface area contributed by atoms with E-state index >= 15 is 0 Å². The quantitative estimate of drug-likeness (QED) is 0.765. The third-order valence-electron chi connectivity index (χ3n) is 2.53. The number of carbonyl (C=O) groups is 1. The van der Waals surface area contributed by atoms with Crippen LogP contribution in [0.5, 0.6) is 0 Å². The van der Waals surface area contributed by atoms with Crippen molar-refractivity contribution >= 4 is 59.4 Å². The van der Waals surface area contributed by atoms with Gasteiger partial charge in [0.15, 0.2) is 0 Å². The maximum Gasteiger partial charge on any atom is 0.266 e. The predicted octanol–water partition coefficient (Wildman–Crippen LogP) is 3.98. The Morgan fingerprint density at radius 1 is 1.05 bits per heavy atom. The highest BCUT2D eigenvalue weighted by atomic mass is 79.9. The van der Waals surface area contributed by atoms with Gasteiger partial charge in [0, 0.05) is 14.0 Å². The van der Waals surface area contributed by atoms with Gasteiger partial charge in [-0.1, -0.05) is 27.5 Å². The monoisotopic (exact) mass is 451 g/mol. The first kappa shape index (κ1) is 16.5. The third-order valence-corrected chi connectivity index (χ3v) is 5.27. The summed E-state index contributed by atoms with van der Waals surface area (Å²) in [6, 6.07) is 10.4. The summed E-state index contributed by atoms with van der Waals surface area (Å²) in [6.45, 7) is 0. The van der Waals surface area contributed by atoms with E-state index in [0.717, 1.165) is 4.47 Å². The van der Waals surface area contributed by atoms with E-state index in [-0.39, 0.29) is 10.5 Å². The van der Waals surface area contributed by atoms with Crippen LogP contribution < -0.4 is 4.72 Å². The number of hydrogen-bond acceptors (Lipinski definition) is 3. The molecule has 4 nitrogen and oxygen atoms in total. The highest BCUT2D eigenvalue weighted by Gasteiger charge is 2.20. The fraction of sp³-hybridized carbons (Fsp3) is 0. The lowest BCUT2D eigenvalue weighted by molar-refractivity contribution is 0.0980.